The highest BCUT2D eigenvalue weighted by molar-refractivity contribution is 6.14. The summed E-state index contributed by atoms with van der Waals surface area (Å²) in [5.74, 6) is -1.24. The van der Waals surface area contributed by atoms with Gasteiger partial charge in [-0.2, -0.15) is 5.10 Å². The van der Waals surface area contributed by atoms with Crippen molar-refractivity contribution >= 4 is 22.7 Å². The van der Waals surface area contributed by atoms with Gasteiger partial charge >= 0.3 is 5.97 Å². The van der Waals surface area contributed by atoms with Crippen molar-refractivity contribution in [1.82, 2.24) is 14.8 Å². The number of para-hydroxylation sites is 1. The Bertz CT molecular complexity index is 1270. The number of fused-ring (bicyclic) bond motifs is 1. The van der Waals surface area contributed by atoms with Gasteiger partial charge < -0.3 is 9.72 Å². The number of aryl methyl sites for hydroxylation is 2. The Labute approximate surface area is 178 Å². The Morgan fingerprint density at radius 3 is 2.52 bits per heavy atom. The van der Waals surface area contributed by atoms with E-state index in [2.05, 4.69) is 10.1 Å². The van der Waals surface area contributed by atoms with E-state index >= 15 is 0 Å². The molecule has 1 atom stereocenters. The summed E-state index contributed by atoms with van der Waals surface area (Å²) in [6.07, 6.45) is 0. The molecule has 0 radical (unpaired) electrons. The lowest BCUT2D eigenvalue weighted by atomic mass is 10.0. The summed E-state index contributed by atoms with van der Waals surface area (Å²) in [7, 11) is 0. The third-order valence-electron chi connectivity index (χ3n) is 5.22. The highest BCUT2D eigenvalue weighted by Crippen LogP contribution is 2.31. The molecule has 0 saturated carbocycles. The minimum Gasteiger partial charge on any atom is -0.456 e. The Hall–Kier alpha value is -3.74. The maximum Gasteiger partial charge on any atom is 0.331 e. The number of hydrogen-bond donors (Lipinski definition) is 1. The van der Waals surface area contributed by atoms with Crippen molar-refractivity contribution < 1.29 is 18.7 Å². The number of rotatable bonds is 6. The number of nitrogens with zero attached hydrogens (tertiary/aromatic N) is 2. The number of esters is 1. The van der Waals surface area contributed by atoms with Crippen molar-refractivity contribution in [2.75, 3.05) is 6.61 Å². The average molecular weight is 419 g/mol. The molecule has 1 unspecified atom stereocenters. The summed E-state index contributed by atoms with van der Waals surface area (Å²) in [6, 6.07) is 14.5. The van der Waals surface area contributed by atoms with Gasteiger partial charge in [-0.1, -0.05) is 18.2 Å². The van der Waals surface area contributed by atoms with E-state index in [1.54, 1.807) is 23.7 Å². The first-order valence-corrected chi connectivity index (χ1v) is 9.94. The predicted octanol–water partition coefficient (Wildman–Crippen LogP) is 4.77. The topological polar surface area (TPSA) is 77.0 Å². The molecule has 2 heterocycles. The fraction of sp³-hybridized carbons (Fsp3) is 0.208. The van der Waals surface area contributed by atoms with Crippen LogP contribution in [0.1, 0.15) is 34.7 Å². The van der Waals surface area contributed by atoms with Gasteiger partial charge in [-0.05, 0) is 62.7 Å². The number of halogens is 1. The van der Waals surface area contributed by atoms with Crippen LogP contribution in [0, 0.1) is 19.7 Å². The number of ether oxygens (including phenoxy) is 1. The summed E-state index contributed by atoms with van der Waals surface area (Å²) in [4.78, 5) is 28.9. The molecule has 4 rings (SSSR count). The van der Waals surface area contributed by atoms with E-state index in [1.807, 2.05) is 44.2 Å². The van der Waals surface area contributed by atoms with Gasteiger partial charge in [0.25, 0.3) is 0 Å². The molecule has 31 heavy (non-hydrogen) atoms. The zero-order chi connectivity index (χ0) is 22.1. The second kappa shape index (κ2) is 8.18. The molecule has 0 spiro atoms. The maximum atomic E-state index is 13.4. The molecule has 0 fully saturated rings. The van der Waals surface area contributed by atoms with E-state index in [1.165, 1.54) is 12.1 Å². The molecular weight excluding hydrogens is 397 g/mol. The van der Waals surface area contributed by atoms with Crippen LogP contribution in [-0.2, 0) is 9.53 Å². The number of aromatic nitrogens is 3. The van der Waals surface area contributed by atoms with E-state index in [0.717, 1.165) is 22.3 Å². The molecule has 2 aromatic heterocycles. The number of H-pyrrole nitrogens is 1. The van der Waals surface area contributed by atoms with Crippen LogP contribution < -0.4 is 0 Å². The monoisotopic (exact) mass is 419 g/mol. The fourth-order valence-corrected chi connectivity index (χ4v) is 3.73. The summed E-state index contributed by atoms with van der Waals surface area (Å²) in [5.41, 5.74) is 4.05. The lowest BCUT2D eigenvalue weighted by Gasteiger charge is -2.13. The highest BCUT2D eigenvalue weighted by atomic mass is 19.1. The van der Waals surface area contributed by atoms with Gasteiger partial charge in [0.05, 0.1) is 17.0 Å². The lowest BCUT2D eigenvalue weighted by molar-refractivity contribution is -0.146. The number of ketones is 1. The second-order valence-electron chi connectivity index (χ2n) is 7.51. The van der Waals surface area contributed by atoms with Crippen molar-refractivity contribution in [3.63, 3.8) is 0 Å². The van der Waals surface area contributed by atoms with Crippen molar-refractivity contribution in [1.29, 1.82) is 0 Å². The summed E-state index contributed by atoms with van der Waals surface area (Å²) >= 11 is 0. The molecule has 0 aliphatic heterocycles. The molecule has 0 aliphatic carbocycles. The summed E-state index contributed by atoms with van der Waals surface area (Å²) in [5, 5.41) is 5.02. The third kappa shape index (κ3) is 3.99. The van der Waals surface area contributed by atoms with E-state index in [9.17, 15) is 14.0 Å². The minimum atomic E-state index is -0.652. The Morgan fingerprint density at radius 2 is 1.84 bits per heavy atom. The molecule has 0 bridgehead atoms. The molecule has 7 heteroatoms. The molecule has 2 aromatic carbocycles. The number of carbonyl (C=O) groups excluding carboxylic acids is 2. The second-order valence-corrected chi connectivity index (χ2v) is 7.51. The van der Waals surface area contributed by atoms with Crippen LogP contribution in [-0.4, -0.2) is 33.1 Å². The highest BCUT2D eigenvalue weighted by Gasteiger charge is 2.24. The molecule has 6 nitrogen and oxygen atoms in total. The van der Waals surface area contributed by atoms with Crippen LogP contribution in [0.15, 0.2) is 54.6 Å². The first-order chi connectivity index (χ1) is 14.8. The van der Waals surface area contributed by atoms with Crippen molar-refractivity contribution in [3.8, 4) is 11.3 Å². The number of nitrogens with one attached hydrogen (secondary N) is 1. The zero-order valence-electron chi connectivity index (χ0n) is 17.5. The van der Waals surface area contributed by atoms with Gasteiger partial charge in [-0.25, -0.2) is 9.18 Å². The number of aromatic amines is 1. The van der Waals surface area contributed by atoms with Crippen LogP contribution in [0.5, 0.6) is 0 Å². The van der Waals surface area contributed by atoms with Gasteiger partial charge in [0, 0.05) is 16.6 Å². The molecule has 0 amide bonds. The largest absolute Gasteiger partial charge is 0.456 e. The molecule has 0 saturated heterocycles. The average Bonchev–Trinajstić information content (AvgIpc) is 3.31. The molecule has 0 aliphatic rings. The van der Waals surface area contributed by atoms with Crippen molar-refractivity contribution in [2.45, 2.75) is 26.8 Å². The smallest absolute Gasteiger partial charge is 0.331 e. The van der Waals surface area contributed by atoms with Gasteiger partial charge in [0.2, 0.25) is 5.78 Å². The number of benzene rings is 2. The van der Waals surface area contributed by atoms with Crippen LogP contribution in [0.2, 0.25) is 0 Å². The van der Waals surface area contributed by atoms with Gasteiger partial charge in [-0.3, -0.25) is 9.48 Å². The molecular formula is C24H22FN3O3. The molecule has 158 valence electrons. The number of hydrogen-bond acceptors (Lipinski definition) is 4. The van der Waals surface area contributed by atoms with Crippen molar-refractivity contribution in [2.24, 2.45) is 0 Å². The lowest BCUT2D eigenvalue weighted by Crippen LogP contribution is -2.24. The predicted molar refractivity (Wildman–Crippen MR) is 115 cm³/mol. The molecule has 4 aromatic rings. The molecule has 1 N–H and O–H groups in total. The first-order valence-electron chi connectivity index (χ1n) is 9.94. The minimum absolute atomic E-state index is 0.342. The standard InChI is InChI=1S/C24H22FN3O3/c1-14-12-15(2)28(27-14)16(3)24(30)31-13-21(29)22-19-6-4-5-7-20(19)26-23(22)17-8-10-18(25)11-9-17/h4-12,16,26H,13H2,1-3H3. The van der Waals surface area contributed by atoms with Gasteiger partial charge in [-0.15, -0.1) is 0 Å². The first kappa shape index (κ1) is 20.5. The SMILES string of the molecule is Cc1cc(C)n(C(C)C(=O)OCC(=O)c2c(-c3ccc(F)cc3)[nH]c3ccccc23)n1. The van der Waals surface area contributed by atoms with Crippen LogP contribution in [0.25, 0.3) is 22.2 Å². The van der Waals surface area contributed by atoms with E-state index in [-0.39, 0.29) is 11.6 Å². The van der Waals surface area contributed by atoms with Gasteiger partial charge in [0.15, 0.2) is 6.61 Å². The van der Waals surface area contributed by atoms with Crippen molar-refractivity contribution in [3.05, 3.63) is 77.4 Å². The summed E-state index contributed by atoms with van der Waals surface area (Å²) < 4.78 is 20.3. The van der Waals surface area contributed by atoms with Gasteiger partial charge in [0.1, 0.15) is 11.9 Å². The Morgan fingerprint density at radius 1 is 1.13 bits per heavy atom. The van der Waals surface area contributed by atoms with E-state index in [0.29, 0.717) is 16.8 Å². The number of Topliss-reactive ketones (excluding diaryl/α,β-unsaturated/α-hetero) is 1. The summed E-state index contributed by atoms with van der Waals surface area (Å²) in [6.45, 7) is 4.98. The Kier molecular flexibility index (Phi) is 5.42. The van der Waals surface area contributed by atoms with E-state index in [4.69, 9.17) is 4.74 Å². The number of carbonyl (C=O) groups is 2. The third-order valence-corrected chi connectivity index (χ3v) is 5.22. The van der Waals surface area contributed by atoms with Crippen LogP contribution >= 0.6 is 0 Å². The quantitative estimate of drug-likeness (QED) is 0.361. The van der Waals surface area contributed by atoms with E-state index < -0.39 is 18.6 Å². The van der Waals surface area contributed by atoms with Crippen LogP contribution in [0.3, 0.4) is 0 Å². The maximum absolute atomic E-state index is 13.4. The fourth-order valence-electron chi connectivity index (χ4n) is 3.73. The zero-order valence-corrected chi connectivity index (χ0v) is 17.5. The normalized spacial score (nSPS) is 12.1. The Balaban J connectivity index is 1.60. The van der Waals surface area contributed by atoms with Crippen LogP contribution in [0.4, 0.5) is 4.39 Å².